The summed E-state index contributed by atoms with van der Waals surface area (Å²) in [4.78, 5) is 0. The molecule has 80 valence electrons. The smallest absolute Gasteiger partial charge is 0.234 e. The summed E-state index contributed by atoms with van der Waals surface area (Å²) in [6, 6.07) is 0. The number of hydrogen-bond donors (Lipinski definition) is 1. The van der Waals surface area contributed by atoms with Crippen molar-refractivity contribution in [1.82, 2.24) is 25.2 Å². The van der Waals surface area contributed by atoms with Gasteiger partial charge in [0.1, 0.15) is 5.01 Å². The minimum atomic E-state index is 0.383. The number of aromatic nitrogens is 5. The molecule has 0 amide bonds. The Morgan fingerprint density at radius 2 is 2.20 bits per heavy atom. The molecule has 0 radical (unpaired) electrons. The fraction of sp³-hybridized carbons (Fsp3) is 0.500. The fourth-order valence-electron chi connectivity index (χ4n) is 1.04. The van der Waals surface area contributed by atoms with Gasteiger partial charge in [0, 0.05) is 12.5 Å². The maximum atomic E-state index is 5.45. The Kier molecular flexibility index (Phi) is 2.74. The van der Waals surface area contributed by atoms with E-state index in [9.17, 15) is 0 Å². The highest BCUT2D eigenvalue weighted by atomic mass is 32.1. The van der Waals surface area contributed by atoms with E-state index in [0.29, 0.717) is 12.5 Å². The van der Waals surface area contributed by atoms with Gasteiger partial charge in [-0.05, 0) is 0 Å². The number of hydrogen-bond acceptors (Lipinski definition) is 6. The molecule has 2 rings (SSSR count). The van der Waals surface area contributed by atoms with Gasteiger partial charge in [0.2, 0.25) is 5.13 Å². The Morgan fingerprint density at radius 3 is 2.73 bits per heavy atom. The lowest BCUT2D eigenvalue weighted by Gasteiger charge is -1.93. The van der Waals surface area contributed by atoms with Gasteiger partial charge in [0.15, 0.2) is 0 Å². The zero-order valence-electron chi connectivity index (χ0n) is 8.58. The van der Waals surface area contributed by atoms with Crippen molar-refractivity contribution < 1.29 is 0 Å². The van der Waals surface area contributed by atoms with Crippen molar-refractivity contribution in [3.63, 3.8) is 0 Å². The molecule has 0 spiro atoms. The molecule has 6 nitrogen and oxygen atoms in total. The van der Waals surface area contributed by atoms with Crippen molar-refractivity contribution in [2.45, 2.75) is 26.3 Å². The third-order valence-corrected chi connectivity index (χ3v) is 3.08. The van der Waals surface area contributed by atoms with Crippen LogP contribution in [0.2, 0.25) is 0 Å². The first-order chi connectivity index (χ1) is 7.20. The third kappa shape index (κ3) is 2.02. The molecule has 2 aromatic heterocycles. The molecule has 0 aliphatic carbocycles. The van der Waals surface area contributed by atoms with Crippen molar-refractivity contribution >= 4 is 11.3 Å². The Labute approximate surface area is 91.1 Å². The van der Waals surface area contributed by atoms with Crippen molar-refractivity contribution in [2.75, 3.05) is 0 Å². The molecule has 0 aliphatic rings. The van der Waals surface area contributed by atoms with Gasteiger partial charge in [-0.2, -0.15) is 4.68 Å². The molecule has 0 unspecified atom stereocenters. The molecule has 0 aliphatic heterocycles. The van der Waals surface area contributed by atoms with Gasteiger partial charge in [-0.25, -0.2) is 0 Å². The van der Waals surface area contributed by atoms with Crippen LogP contribution in [0, 0.1) is 0 Å². The summed E-state index contributed by atoms with van der Waals surface area (Å²) in [7, 11) is 0. The third-order valence-electron chi connectivity index (χ3n) is 1.87. The normalized spacial score (nSPS) is 11.2. The van der Waals surface area contributed by atoms with Crippen molar-refractivity contribution in [1.29, 1.82) is 0 Å². The predicted octanol–water partition coefficient (Wildman–Crippen LogP) is 0.701. The quantitative estimate of drug-likeness (QED) is 0.829. The molecule has 7 heteroatoms. The summed E-state index contributed by atoms with van der Waals surface area (Å²) in [5.41, 5.74) is 6.19. The highest BCUT2D eigenvalue weighted by Crippen LogP contribution is 2.20. The summed E-state index contributed by atoms with van der Waals surface area (Å²) in [6.45, 7) is 4.55. The van der Waals surface area contributed by atoms with Crippen molar-refractivity contribution in [2.24, 2.45) is 5.73 Å². The van der Waals surface area contributed by atoms with Gasteiger partial charge in [-0.1, -0.05) is 30.4 Å². The molecule has 0 atom stereocenters. The van der Waals surface area contributed by atoms with Crippen LogP contribution < -0.4 is 5.73 Å². The highest BCUT2D eigenvalue weighted by Gasteiger charge is 2.10. The van der Waals surface area contributed by atoms with Crippen LogP contribution >= 0.6 is 11.3 Å². The van der Waals surface area contributed by atoms with Gasteiger partial charge in [0.25, 0.3) is 0 Å². The first kappa shape index (κ1) is 10.2. The van der Waals surface area contributed by atoms with Crippen molar-refractivity contribution in [3.05, 3.63) is 16.9 Å². The van der Waals surface area contributed by atoms with Gasteiger partial charge < -0.3 is 5.73 Å². The van der Waals surface area contributed by atoms with Gasteiger partial charge in [-0.15, -0.1) is 15.3 Å². The zero-order chi connectivity index (χ0) is 10.8. The average molecular weight is 224 g/mol. The van der Waals surface area contributed by atoms with Gasteiger partial charge in [-0.3, -0.25) is 0 Å². The van der Waals surface area contributed by atoms with E-state index in [2.05, 4.69) is 34.4 Å². The van der Waals surface area contributed by atoms with E-state index < -0.39 is 0 Å². The van der Waals surface area contributed by atoms with Crippen LogP contribution in [0.1, 0.15) is 30.5 Å². The standard InChI is InChI=1S/C8H12N6S/c1-5(2)7-11-12-8(15-7)14-4-6(3-9)10-13-14/h4-5H,3,9H2,1-2H3. The van der Waals surface area contributed by atoms with Crippen LogP contribution in [0.3, 0.4) is 0 Å². The van der Waals surface area contributed by atoms with Crippen LogP contribution in [0.15, 0.2) is 6.20 Å². The van der Waals surface area contributed by atoms with Crippen molar-refractivity contribution in [3.8, 4) is 5.13 Å². The highest BCUT2D eigenvalue weighted by molar-refractivity contribution is 7.13. The molecule has 2 heterocycles. The van der Waals surface area contributed by atoms with Crippen LogP contribution in [0.25, 0.3) is 5.13 Å². The lowest BCUT2D eigenvalue weighted by atomic mass is 10.2. The fourth-order valence-corrected chi connectivity index (χ4v) is 1.81. The Balaban J connectivity index is 2.28. The molecule has 15 heavy (non-hydrogen) atoms. The summed E-state index contributed by atoms with van der Waals surface area (Å²) in [5.74, 6) is 0.383. The minimum absolute atomic E-state index is 0.383. The summed E-state index contributed by atoms with van der Waals surface area (Å²) in [6.07, 6.45) is 1.77. The molecule has 2 aromatic rings. The Morgan fingerprint density at radius 1 is 1.40 bits per heavy atom. The van der Waals surface area contributed by atoms with Crippen LogP contribution in [-0.4, -0.2) is 25.2 Å². The van der Waals surface area contributed by atoms with E-state index in [0.717, 1.165) is 15.8 Å². The monoisotopic (exact) mass is 224 g/mol. The zero-order valence-corrected chi connectivity index (χ0v) is 9.40. The van der Waals surface area contributed by atoms with E-state index in [1.807, 2.05) is 0 Å². The molecule has 0 saturated carbocycles. The van der Waals surface area contributed by atoms with Crippen LogP contribution in [-0.2, 0) is 6.54 Å². The first-order valence-electron chi connectivity index (χ1n) is 4.65. The Hall–Kier alpha value is -1.34. The number of rotatable bonds is 3. The van der Waals surface area contributed by atoms with Gasteiger partial charge >= 0.3 is 0 Å². The van der Waals surface area contributed by atoms with E-state index in [1.54, 1.807) is 10.9 Å². The predicted molar refractivity (Wildman–Crippen MR) is 56.8 cm³/mol. The molecular formula is C8H12N6S. The van der Waals surface area contributed by atoms with E-state index >= 15 is 0 Å². The molecule has 0 saturated heterocycles. The molecule has 0 bridgehead atoms. The minimum Gasteiger partial charge on any atom is -0.325 e. The molecule has 2 N–H and O–H groups in total. The molecule has 0 aromatic carbocycles. The van der Waals surface area contributed by atoms with Crippen LogP contribution in [0.4, 0.5) is 0 Å². The van der Waals surface area contributed by atoms with E-state index in [-0.39, 0.29) is 0 Å². The number of nitrogens with two attached hydrogens (primary N) is 1. The summed E-state index contributed by atoms with van der Waals surface area (Å²) < 4.78 is 1.60. The van der Waals surface area contributed by atoms with Crippen LogP contribution in [0.5, 0.6) is 0 Å². The molecular weight excluding hydrogens is 212 g/mol. The maximum Gasteiger partial charge on any atom is 0.234 e. The maximum absolute atomic E-state index is 5.45. The topological polar surface area (TPSA) is 82.5 Å². The summed E-state index contributed by atoms with van der Waals surface area (Å²) >= 11 is 1.52. The second kappa shape index (κ2) is 4.03. The molecule has 0 fully saturated rings. The summed E-state index contributed by atoms with van der Waals surface area (Å²) in [5, 5.41) is 17.7. The largest absolute Gasteiger partial charge is 0.325 e. The average Bonchev–Trinajstić information content (AvgIpc) is 2.86. The SMILES string of the molecule is CC(C)c1nnc(-n2cc(CN)nn2)s1. The second-order valence-electron chi connectivity index (χ2n) is 3.44. The van der Waals surface area contributed by atoms with E-state index in [1.165, 1.54) is 11.3 Å². The number of nitrogens with zero attached hydrogens (tertiary/aromatic N) is 5. The lowest BCUT2D eigenvalue weighted by molar-refractivity contribution is 0.770. The Bertz CT molecular complexity index is 445. The second-order valence-corrected chi connectivity index (χ2v) is 4.42. The van der Waals surface area contributed by atoms with E-state index in [4.69, 9.17) is 5.73 Å². The lowest BCUT2D eigenvalue weighted by Crippen LogP contribution is -1.95. The first-order valence-corrected chi connectivity index (χ1v) is 5.47. The van der Waals surface area contributed by atoms with Gasteiger partial charge in [0.05, 0.1) is 11.9 Å².